The molecule has 0 saturated heterocycles. The number of nitrogens with one attached hydrogen (secondary N) is 1. The van der Waals surface area contributed by atoms with E-state index in [-0.39, 0.29) is 5.91 Å². The van der Waals surface area contributed by atoms with Crippen molar-refractivity contribution in [1.82, 2.24) is 9.38 Å². The number of carbonyl (C=O) groups excluding carboxylic acids is 1. The van der Waals surface area contributed by atoms with Gasteiger partial charge in [-0.1, -0.05) is 36.4 Å². The van der Waals surface area contributed by atoms with Gasteiger partial charge in [0.2, 0.25) is 0 Å². The molecule has 2 heterocycles. The molecule has 0 bridgehead atoms. The van der Waals surface area contributed by atoms with Gasteiger partial charge in [-0.05, 0) is 59.0 Å². The zero-order chi connectivity index (χ0) is 17.2. The minimum absolute atomic E-state index is 0.153. The van der Waals surface area contributed by atoms with Gasteiger partial charge in [0.05, 0.1) is 0 Å². The van der Waals surface area contributed by atoms with E-state index in [9.17, 15) is 4.79 Å². The molecule has 4 nitrogen and oxygen atoms in total. The van der Waals surface area contributed by atoms with Crippen molar-refractivity contribution in [3.63, 3.8) is 0 Å². The first-order valence-corrected chi connectivity index (χ1v) is 8.90. The minimum atomic E-state index is -0.153. The maximum atomic E-state index is 12.7. The summed E-state index contributed by atoms with van der Waals surface area (Å²) in [5, 5.41) is 3.03. The molecule has 0 atom stereocenters. The molecule has 0 fully saturated rings. The summed E-state index contributed by atoms with van der Waals surface area (Å²) in [6, 6.07) is 23.1. The average molecular weight is 439 g/mol. The van der Waals surface area contributed by atoms with Crippen LogP contribution in [0.25, 0.3) is 16.9 Å². The van der Waals surface area contributed by atoms with Crippen LogP contribution in [0, 0.1) is 3.57 Å². The van der Waals surface area contributed by atoms with Crippen molar-refractivity contribution in [2.24, 2.45) is 0 Å². The zero-order valence-electron chi connectivity index (χ0n) is 13.2. The largest absolute Gasteiger partial charge is 0.306 e. The number of halogens is 1. The van der Waals surface area contributed by atoms with Crippen molar-refractivity contribution in [2.45, 2.75) is 0 Å². The Morgan fingerprint density at radius 2 is 1.64 bits per heavy atom. The monoisotopic (exact) mass is 439 g/mol. The van der Waals surface area contributed by atoms with Crippen LogP contribution in [-0.2, 0) is 0 Å². The normalized spacial score (nSPS) is 10.8. The minimum Gasteiger partial charge on any atom is -0.306 e. The first kappa shape index (κ1) is 15.8. The number of amides is 1. The lowest BCUT2D eigenvalue weighted by Crippen LogP contribution is -2.14. The van der Waals surface area contributed by atoms with Crippen LogP contribution in [0.3, 0.4) is 0 Å². The predicted molar refractivity (Wildman–Crippen MR) is 108 cm³/mol. The number of aromatic nitrogens is 2. The van der Waals surface area contributed by atoms with Gasteiger partial charge in [0.15, 0.2) is 0 Å². The van der Waals surface area contributed by atoms with Crippen molar-refractivity contribution in [2.75, 3.05) is 5.32 Å². The molecule has 4 rings (SSSR count). The van der Waals surface area contributed by atoms with Gasteiger partial charge in [0.1, 0.15) is 17.2 Å². The summed E-state index contributed by atoms with van der Waals surface area (Å²) in [7, 11) is 0. The Balaban J connectivity index is 1.80. The molecule has 0 radical (unpaired) electrons. The van der Waals surface area contributed by atoms with Crippen molar-refractivity contribution in [3.05, 3.63) is 88.1 Å². The SMILES string of the molecule is O=C(Nc1c(-c2ccccc2)nc2ccccn12)c1ccc(I)cc1. The first-order valence-electron chi connectivity index (χ1n) is 7.82. The fraction of sp³-hybridized carbons (Fsp3) is 0. The van der Waals surface area contributed by atoms with Crippen LogP contribution >= 0.6 is 22.6 Å². The van der Waals surface area contributed by atoms with Gasteiger partial charge in [-0.15, -0.1) is 0 Å². The Kier molecular flexibility index (Phi) is 4.23. The van der Waals surface area contributed by atoms with E-state index in [4.69, 9.17) is 4.98 Å². The number of anilines is 1. The fourth-order valence-electron chi connectivity index (χ4n) is 2.69. The maximum Gasteiger partial charge on any atom is 0.256 e. The second-order valence-corrected chi connectivity index (χ2v) is 6.81. The Morgan fingerprint density at radius 1 is 0.920 bits per heavy atom. The molecule has 1 N–H and O–H groups in total. The van der Waals surface area contributed by atoms with Crippen LogP contribution in [0.1, 0.15) is 10.4 Å². The first-order chi connectivity index (χ1) is 12.2. The topological polar surface area (TPSA) is 46.4 Å². The molecule has 25 heavy (non-hydrogen) atoms. The van der Waals surface area contributed by atoms with Crippen molar-refractivity contribution >= 4 is 40.0 Å². The van der Waals surface area contributed by atoms with Crippen LogP contribution in [0.2, 0.25) is 0 Å². The summed E-state index contributed by atoms with van der Waals surface area (Å²) in [5.41, 5.74) is 3.12. The smallest absolute Gasteiger partial charge is 0.256 e. The van der Waals surface area contributed by atoms with Crippen molar-refractivity contribution in [3.8, 4) is 11.3 Å². The van der Waals surface area contributed by atoms with Crippen LogP contribution in [-0.4, -0.2) is 15.3 Å². The number of benzene rings is 2. The third-order valence-corrected chi connectivity index (χ3v) is 4.63. The summed E-state index contributed by atoms with van der Waals surface area (Å²) < 4.78 is 2.99. The third-order valence-electron chi connectivity index (χ3n) is 3.92. The quantitative estimate of drug-likeness (QED) is 0.464. The molecule has 122 valence electrons. The lowest BCUT2D eigenvalue weighted by molar-refractivity contribution is 0.102. The van der Waals surface area contributed by atoms with Crippen LogP contribution in [0.4, 0.5) is 5.82 Å². The summed E-state index contributed by atoms with van der Waals surface area (Å²) in [4.78, 5) is 17.4. The number of hydrogen-bond acceptors (Lipinski definition) is 2. The van der Waals surface area contributed by atoms with Gasteiger partial charge in [-0.25, -0.2) is 4.98 Å². The molecule has 2 aromatic carbocycles. The Labute approximate surface area is 158 Å². The Hall–Kier alpha value is -2.67. The number of carbonyl (C=O) groups is 1. The van der Waals surface area contributed by atoms with Crippen molar-refractivity contribution in [1.29, 1.82) is 0 Å². The van der Waals surface area contributed by atoms with Crippen LogP contribution in [0.15, 0.2) is 79.0 Å². The molecule has 0 aliphatic heterocycles. The maximum absolute atomic E-state index is 12.7. The van der Waals surface area contributed by atoms with E-state index in [1.54, 1.807) is 0 Å². The number of imidazole rings is 1. The molecular formula is C20H14IN3O. The Morgan fingerprint density at radius 3 is 2.40 bits per heavy atom. The molecule has 2 aromatic heterocycles. The number of hydrogen-bond donors (Lipinski definition) is 1. The van der Waals surface area contributed by atoms with Gasteiger partial charge in [-0.3, -0.25) is 9.20 Å². The standard InChI is InChI=1S/C20H14IN3O/c21-16-11-9-15(10-12-16)20(25)23-19-18(14-6-2-1-3-7-14)22-17-8-4-5-13-24(17)19/h1-13H,(H,23,25). The second-order valence-electron chi connectivity index (χ2n) is 5.56. The van der Waals surface area contributed by atoms with E-state index >= 15 is 0 Å². The van der Waals surface area contributed by atoms with E-state index < -0.39 is 0 Å². The average Bonchev–Trinajstić information content (AvgIpc) is 3.02. The lowest BCUT2D eigenvalue weighted by Gasteiger charge is -2.08. The molecule has 0 aliphatic carbocycles. The summed E-state index contributed by atoms with van der Waals surface area (Å²) >= 11 is 2.22. The fourth-order valence-corrected chi connectivity index (χ4v) is 3.05. The summed E-state index contributed by atoms with van der Waals surface area (Å²) in [6.45, 7) is 0. The predicted octanol–water partition coefficient (Wildman–Crippen LogP) is 4.86. The molecule has 0 aliphatic rings. The van der Waals surface area contributed by atoms with Gasteiger partial charge in [-0.2, -0.15) is 0 Å². The summed E-state index contributed by atoms with van der Waals surface area (Å²) in [6.07, 6.45) is 1.90. The molecule has 1 amide bonds. The number of pyridine rings is 1. The van der Waals surface area contributed by atoms with Gasteiger partial charge < -0.3 is 5.32 Å². The zero-order valence-corrected chi connectivity index (χ0v) is 15.3. The molecule has 0 spiro atoms. The highest BCUT2D eigenvalue weighted by molar-refractivity contribution is 14.1. The molecular weight excluding hydrogens is 425 g/mol. The van der Waals surface area contributed by atoms with E-state index in [0.717, 1.165) is 20.5 Å². The third kappa shape index (κ3) is 3.15. The molecule has 4 aromatic rings. The van der Waals surface area contributed by atoms with Gasteiger partial charge in [0, 0.05) is 20.9 Å². The van der Waals surface area contributed by atoms with Crippen molar-refractivity contribution < 1.29 is 4.79 Å². The van der Waals surface area contributed by atoms with Crippen LogP contribution < -0.4 is 5.32 Å². The van der Waals surface area contributed by atoms with Gasteiger partial charge >= 0.3 is 0 Å². The van der Waals surface area contributed by atoms with E-state index in [1.165, 1.54) is 0 Å². The van der Waals surface area contributed by atoms with E-state index in [0.29, 0.717) is 11.4 Å². The molecule has 0 saturated carbocycles. The summed E-state index contributed by atoms with van der Waals surface area (Å²) in [5.74, 6) is 0.518. The lowest BCUT2D eigenvalue weighted by atomic mass is 10.1. The van der Waals surface area contributed by atoms with Crippen LogP contribution in [0.5, 0.6) is 0 Å². The second kappa shape index (κ2) is 6.68. The molecule has 0 unspecified atom stereocenters. The van der Waals surface area contributed by atoms with Gasteiger partial charge in [0.25, 0.3) is 5.91 Å². The number of rotatable bonds is 3. The van der Waals surface area contributed by atoms with E-state index in [2.05, 4.69) is 27.9 Å². The molecule has 5 heteroatoms. The highest BCUT2D eigenvalue weighted by atomic mass is 127. The highest BCUT2D eigenvalue weighted by Crippen LogP contribution is 2.29. The highest BCUT2D eigenvalue weighted by Gasteiger charge is 2.16. The van der Waals surface area contributed by atoms with E-state index in [1.807, 2.05) is 83.4 Å². The number of fused-ring (bicyclic) bond motifs is 1. The Bertz CT molecular complexity index is 1040. The number of nitrogens with zero attached hydrogens (tertiary/aromatic N) is 2.